The first kappa shape index (κ1) is 14.8. The molecule has 1 rings (SSSR count). The topological polar surface area (TPSA) is 51.2 Å². The summed E-state index contributed by atoms with van der Waals surface area (Å²) in [4.78, 5) is 15.8. The molecule has 4 nitrogen and oxygen atoms in total. The van der Waals surface area contributed by atoms with Crippen LogP contribution in [-0.4, -0.2) is 36.1 Å². The number of rotatable bonds is 6. The Morgan fingerprint density at radius 3 is 2.78 bits per heavy atom. The van der Waals surface area contributed by atoms with Gasteiger partial charge in [0.1, 0.15) is 5.82 Å². The number of pyridine rings is 1. The van der Waals surface area contributed by atoms with Crippen LogP contribution in [0.3, 0.4) is 0 Å². The Balaban J connectivity index is 2.80. The molecule has 0 amide bonds. The zero-order chi connectivity index (χ0) is 13.5. The first-order chi connectivity index (χ1) is 8.62. The fourth-order valence-corrected chi connectivity index (χ4v) is 2.36. The molecule has 0 spiro atoms. The molecule has 100 valence electrons. The molecule has 1 heterocycles. The first-order valence-corrected chi connectivity index (χ1v) is 7.33. The predicted octanol–water partition coefficient (Wildman–Crippen LogP) is 2.73. The van der Waals surface area contributed by atoms with Gasteiger partial charge in [-0.25, -0.2) is 9.78 Å². The number of anilines is 1. The maximum Gasteiger partial charge on any atom is 0.339 e. The van der Waals surface area contributed by atoms with E-state index in [0.717, 1.165) is 18.0 Å². The second-order valence-electron chi connectivity index (χ2n) is 4.03. The average molecular weight is 268 g/mol. The van der Waals surface area contributed by atoms with E-state index in [-0.39, 0.29) is 5.97 Å². The number of thioether (sulfide) groups is 1. The van der Waals surface area contributed by atoms with Gasteiger partial charge in [0.15, 0.2) is 0 Å². The molecule has 0 saturated heterocycles. The molecule has 0 radical (unpaired) electrons. The number of aryl methyl sites for hydroxylation is 1. The van der Waals surface area contributed by atoms with Crippen molar-refractivity contribution >= 4 is 23.5 Å². The molecular weight excluding hydrogens is 248 g/mol. The van der Waals surface area contributed by atoms with Crippen LogP contribution in [-0.2, 0) is 4.74 Å². The van der Waals surface area contributed by atoms with Crippen molar-refractivity contribution in [3.63, 3.8) is 0 Å². The molecule has 0 saturated carbocycles. The Hall–Kier alpha value is -1.23. The van der Waals surface area contributed by atoms with Crippen molar-refractivity contribution in [1.82, 2.24) is 4.98 Å². The number of esters is 1. The maximum absolute atomic E-state index is 11.4. The van der Waals surface area contributed by atoms with Crippen LogP contribution in [0, 0.1) is 6.92 Å². The smallest absolute Gasteiger partial charge is 0.339 e. The van der Waals surface area contributed by atoms with Crippen LogP contribution in [0.15, 0.2) is 12.1 Å². The third kappa shape index (κ3) is 3.91. The van der Waals surface area contributed by atoms with E-state index < -0.39 is 0 Å². The predicted molar refractivity (Wildman–Crippen MR) is 76.4 cm³/mol. The molecule has 1 atom stereocenters. The molecule has 1 aromatic heterocycles. The van der Waals surface area contributed by atoms with Gasteiger partial charge in [-0.15, -0.1) is 0 Å². The van der Waals surface area contributed by atoms with Gasteiger partial charge in [0.05, 0.1) is 18.4 Å². The molecule has 5 heteroatoms. The highest BCUT2D eigenvalue weighted by molar-refractivity contribution is 7.98. The summed E-state index contributed by atoms with van der Waals surface area (Å²) in [5.41, 5.74) is 1.20. The average Bonchev–Trinajstić information content (AvgIpc) is 2.37. The Labute approximate surface area is 113 Å². The van der Waals surface area contributed by atoms with Gasteiger partial charge in [0.25, 0.3) is 0 Å². The summed E-state index contributed by atoms with van der Waals surface area (Å²) in [6.07, 6.45) is 3.13. The van der Waals surface area contributed by atoms with Crippen molar-refractivity contribution in [1.29, 1.82) is 0 Å². The normalized spacial score (nSPS) is 12.0. The van der Waals surface area contributed by atoms with E-state index in [4.69, 9.17) is 4.74 Å². The molecule has 1 N–H and O–H groups in total. The van der Waals surface area contributed by atoms with Gasteiger partial charge in [-0.2, -0.15) is 11.8 Å². The number of nitrogens with zero attached hydrogens (tertiary/aromatic N) is 1. The summed E-state index contributed by atoms with van der Waals surface area (Å²) in [7, 11) is 1.37. The van der Waals surface area contributed by atoms with Crippen molar-refractivity contribution in [2.45, 2.75) is 26.3 Å². The van der Waals surface area contributed by atoms with Crippen LogP contribution in [0.25, 0.3) is 0 Å². The van der Waals surface area contributed by atoms with Crippen molar-refractivity contribution in [2.75, 3.05) is 24.4 Å². The Bertz CT molecular complexity index is 410. The van der Waals surface area contributed by atoms with E-state index in [1.165, 1.54) is 7.11 Å². The second-order valence-corrected chi connectivity index (χ2v) is 4.94. The lowest BCUT2D eigenvalue weighted by atomic mass is 10.2. The van der Waals surface area contributed by atoms with Gasteiger partial charge >= 0.3 is 5.97 Å². The van der Waals surface area contributed by atoms with Gasteiger partial charge < -0.3 is 10.1 Å². The first-order valence-electron chi connectivity index (χ1n) is 5.93. The minimum atomic E-state index is -0.345. The number of carbonyl (C=O) groups excluding carboxylic acids is 1. The van der Waals surface area contributed by atoms with Gasteiger partial charge in [0.2, 0.25) is 0 Å². The number of ether oxygens (including phenoxy) is 1. The Morgan fingerprint density at radius 1 is 1.56 bits per heavy atom. The Kier molecular flexibility index (Phi) is 5.98. The third-order valence-electron chi connectivity index (χ3n) is 2.70. The Morgan fingerprint density at radius 2 is 2.28 bits per heavy atom. The number of methoxy groups -OCH3 is 1. The summed E-state index contributed by atoms with van der Waals surface area (Å²) < 4.78 is 4.70. The number of hydrogen-bond donors (Lipinski definition) is 1. The van der Waals surface area contributed by atoms with Gasteiger partial charge in [-0.3, -0.25) is 0 Å². The van der Waals surface area contributed by atoms with Crippen LogP contribution in [0.5, 0.6) is 0 Å². The van der Waals surface area contributed by atoms with E-state index in [2.05, 4.69) is 23.5 Å². The highest BCUT2D eigenvalue weighted by Crippen LogP contribution is 2.14. The summed E-state index contributed by atoms with van der Waals surface area (Å²) >= 11 is 1.81. The highest BCUT2D eigenvalue weighted by atomic mass is 32.2. The lowest BCUT2D eigenvalue weighted by Crippen LogP contribution is -2.22. The largest absolute Gasteiger partial charge is 0.465 e. The molecule has 1 aromatic rings. The number of nitrogens with one attached hydrogen (secondary N) is 1. The third-order valence-corrected chi connectivity index (χ3v) is 3.44. The molecule has 1 unspecified atom stereocenters. The van der Waals surface area contributed by atoms with Crippen LogP contribution >= 0.6 is 11.8 Å². The molecule has 18 heavy (non-hydrogen) atoms. The maximum atomic E-state index is 11.4. The molecule has 0 aliphatic rings. The number of hydrogen-bond acceptors (Lipinski definition) is 5. The molecular formula is C13H20N2O2S. The van der Waals surface area contributed by atoms with Crippen LogP contribution in [0.4, 0.5) is 5.82 Å². The van der Waals surface area contributed by atoms with Gasteiger partial charge in [0, 0.05) is 11.8 Å². The SMILES string of the molecule is CCC(CSC)Nc1ccc(C(=O)OC)c(C)n1. The zero-order valence-electron chi connectivity index (χ0n) is 11.3. The molecule has 0 bridgehead atoms. The summed E-state index contributed by atoms with van der Waals surface area (Å²) in [5.74, 6) is 1.50. The van der Waals surface area contributed by atoms with E-state index in [9.17, 15) is 4.79 Å². The molecule has 0 aliphatic carbocycles. The molecule has 0 aromatic carbocycles. The van der Waals surface area contributed by atoms with Crippen molar-refractivity contribution in [2.24, 2.45) is 0 Å². The highest BCUT2D eigenvalue weighted by Gasteiger charge is 2.12. The summed E-state index contributed by atoms with van der Waals surface area (Å²) in [6, 6.07) is 3.97. The fourth-order valence-electron chi connectivity index (χ4n) is 1.64. The van der Waals surface area contributed by atoms with Crippen LogP contribution in [0.2, 0.25) is 0 Å². The lowest BCUT2D eigenvalue weighted by Gasteiger charge is -2.17. The minimum absolute atomic E-state index is 0.345. The number of aromatic nitrogens is 1. The van der Waals surface area contributed by atoms with E-state index in [0.29, 0.717) is 17.3 Å². The fraction of sp³-hybridized carbons (Fsp3) is 0.538. The molecule has 0 aliphatic heterocycles. The van der Waals surface area contributed by atoms with Crippen molar-refractivity contribution in [3.8, 4) is 0 Å². The van der Waals surface area contributed by atoms with Crippen molar-refractivity contribution in [3.05, 3.63) is 23.4 Å². The van der Waals surface area contributed by atoms with Gasteiger partial charge in [-0.1, -0.05) is 6.92 Å². The van der Waals surface area contributed by atoms with E-state index in [1.54, 1.807) is 17.8 Å². The summed E-state index contributed by atoms with van der Waals surface area (Å²) in [6.45, 7) is 3.95. The zero-order valence-corrected chi connectivity index (χ0v) is 12.1. The summed E-state index contributed by atoms with van der Waals surface area (Å²) in [5, 5.41) is 3.37. The standard InChI is InChI=1S/C13H20N2O2S/c1-5-10(8-18-4)15-12-7-6-11(9(2)14-12)13(16)17-3/h6-7,10H,5,8H2,1-4H3,(H,14,15). The quantitative estimate of drug-likeness (QED) is 0.804. The lowest BCUT2D eigenvalue weighted by molar-refractivity contribution is 0.0599. The van der Waals surface area contributed by atoms with Crippen molar-refractivity contribution < 1.29 is 9.53 Å². The second kappa shape index (κ2) is 7.26. The minimum Gasteiger partial charge on any atom is -0.465 e. The monoisotopic (exact) mass is 268 g/mol. The van der Waals surface area contributed by atoms with Crippen LogP contribution < -0.4 is 5.32 Å². The molecule has 0 fully saturated rings. The van der Waals surface area contributed by atoms with E-state index >= 15 is 0 Å². The number of carbonyl (C=O) groups is 1. The van der Waals surface area contributed by atoms with E-state index in [1.807, 2.05) is 13.0 Å². The van der Waals surface area contributed by atoms with Gasteiger partial charge in [-0.05, 0) is 31.7 Å². The van der Waals surface area contributed by atoms with Crippen LogP contribution in [0.1, 0.15) is 29.4 Å².